The molecule has 0 aromatic heterocycles. The number of ether oxygens (including phenoxy) is 2. The molecule has 2 saturated carbocycles. The molecule has 0 radical (unpaired) electrons. The molecule has 1 saturated heterocycles. The summed E-state index contributed by atoms with van der Waals surface area (Å²) in [5, 5.41) is 0. The highest BCUT2D eigenvalue weighted by Gasteiger charge is 2.56. The second-order valence-electron chi connectivity index (χ2n) is 11.3. The van der Waals surface area contributed by atoms with Gasteiger partial charge in [0, 0.05) is 24.9 Å². The van der Waals surface area contributed by atoms with Crippen LogP contribution < -0.4 is 4.74 Å². The molecule has 5 heteroatoms. The summed E-state index contributed by atoms with van der Waals surface area (Å²) in [7, 11) is 2.04. The van der Waals surface area contributed by atoms with E-state index >= 15 is 0 Å². The number of likely N-dealkylation sites (tertiary alicyclic amines) is 1. The second-order valence-corrected chi connectivity index (χ2v) is 11.3. The van der Waals surface area contributed by atoms with Crippen LogP contribution in [0.15, 0.2) is 18.2 Å². The topological polar surface area (TPSA) is 55.8 Å². The van der Waals surface area contributed by atoms with Gasteiger partial charge in [-0.2, -0.15) is 0 Å². The summed E-state index contributed by atoms with van der Waals surface area (Å²) in [5.74, 6) is 3.35. The monoisotopic (exact) mass is 453 g/mol. The third kappa shape index (κ3) is 4.22. The number of carbonyl (C=O) groups is 2. The number of hydrogen-bond donors (Lipinski definition) is 0. The lowest BCUT2D eigenvalue weighted by Crippen LogP contribution is -2.46. The Labute approximate surface area is 198 Å². The van der Waals surface area contributed by atoms with Crippen molar-refractivity contribution in [2.75, 3.05) is 20.1 Å². The van der Waals surface area contributed by atoms with Crippen molar-refractivity contribution in [1.82, 2.24) is 4.90 Å². The van der Waals surface area contributed by atoms with E-state index in [0.717, 1.165) is 51.6 Å². The molecule has 0 amide bonds. The van der Waals surface area contributed by atoms with E-state index < -0.39 is 6.16 Å². The van der Waals surface area contributed by atoms with Crippen LogP contribution in [-0.4, -0.2) is 43.1 Å². The summed E-state index contributed by atoms with van der Waals surface area (Å²) < 4.78 is 11.1. The molecule has 1 aromatic rings. The average molecular weight is 454 g/mol. The van der Waals surface area contributed by atoms with Crippen molar-refractivity contribution < 1.29 is 19.1 Å². The molecule has 0 spiro atoms. The van der Waals surface area contributed by atoms with Gasteiger partial charge in [0.15, 0.2) is 0 Å². The van der Waals surface area contributed by atoms with Crippen LogP contribution >= 0.6 is 0 Å². The van der Waals surface area contributed by atoms with E-state index in [2.05, 4.69) is 30.9 Å². The molecule has 5 rings (SSSR count). The molecule has 6 atom stereocenters. The Morgan fingerprint density at radius 1 is 1.24 bits per heavy atom. The quantitative estimate of drug-likeness (QED) is 0.420. The van der Waals surface area contributed by atoms with Crippen molar-refractivity contribution in [3.8, 4) is 5.75 Å². The normalized spacial score (nSPS) is 35.6. The largest absolute Gasteiger partial charge is 0.514 e. The number of nitrogens with zero attached hydrogens (tertiary/aromatic N) is 1. The van der Waals surface area contributed by atoms with Gasteiger partial charge in [0.25, 0.3) is 0 Å². The van der Waals surface area contributed by atoms with Crippen molar-refractivity contribution >= 4 is 11.9 Å². The van der Waals surface area contributed by atoms with Crippen LogP contribution in [0.5, 0.6) is 5.75 Å². The van der Waals surface area contributed by atoms with Gasteiger partial charge in [0.2, 0.25) is 0 Å². The van der Waals surface area contributed by atoms with Gasteiger partial charge >= 0.3 is 6.16 Å². The van der Waals surface area contributed by atoms with Crippen molar-refractivity contribution in [1.29, 1.82) is 0 Å². The zero-order chi connectivity index (χ0) is 23.2. The van der Waals surface area contributed by atoms with Crippen molar-refractivity contribution in [2.24, 2.45) is 23.2 Å². The van der Waals surface area contributed by atoms with Crippen LogP contribution in [0.1, 0.15) is 82.3 Å². The Bertz CT molecular complexity index is 913. The van der Waals surface area contributed by atoms with Crippen LogP contribution in [0.2, 0.25) is 0 Å². The van der Waals surface area contributed by atoms with Crippen LogP contribution in [-0.2, 0) is 16.0 Å². The van der Waals surface area contributed by atoms with E-state index in [9.17, 15) is 9.59 Å². The summed E-state index contributed by atoms with van der Waals surface area (Å²) in [5.41, 5.74) is 2.65. The van der Waals surface area contributed by atoms with Gasteiger partial charge in [-0.05, 0) is 92.5 Å². The average Bonchev–Trinajstić information content (AvgIpc) is 3.33. The van der Waals surface area contributed by atoms with E-state index in [1.54, 1.807) is 0 Å². The van der Waals surface area contributed by atoms with Gasteiger partial charge < -0.3 is 14.4 Å². The van der Waals surface area contributed by atoms with Crippen LogP contribution in [0.4, 0.5) is 4.79 Å². The fraction of sp³-hybridized carbons (Fsp3) is 0.714. The smallest absolute Gasteiger partial charge is 0.429 e. The Balaban J connectivity index is 1.36. The molecule has 33 heavy (non-hydrogen) atoms. The Morgan fingerprint density at radius 3 is 2.85 bits per heavy atom. The first-order valence-electron chi connectivity index (χ1n) is 13.1. The molecule has 2 unspecified atom stereocenters. The SMILES string of the molecule is CCCC[C@@H]1Cc2cc(OC(=O)OC3CCN(C)C3)ccc2[C@H]2CC[C@]3(C)C(=O)CC[C@H]3C12. The molecule has 1 heterocycles. The number of Topliss-reactive ketones (excluding diaryl/α,β-unsaturated/α-hetero) is 1. The van der Waals surface area contributed by atoms with Crippen LogP contribution in [0, 0.1) is 23.2 Å². The predicted molar refractivity (Wildman–Crippen MR) is 127 cm³/mol. The minimum atomic E-state index is -0.593. The van der Waals surface area contributed by atoms with Gasteiger partial charge in [0.1, 0.15) is 17.6 Å². The Kier molecular flexibility index (Phi) is 6.28. The predicted octanol–water partition coefficient (Wildman–Crippen LogP) is 5.75. The van der Waals surface area contributed by atoms with Gasteiger partial charge in [-0.15, -0.1) is 0 Å². The third-order valence-electron chi connectivity index (χ3n) is 9.32. The minimum absolute atomic E-state index is 0.0787. The van der Waals surface area contributed by atoms with Gasteiger partial charge in [0.05, 0.1) is 0 Å². The van der Waals surface area contributed by atoms with Crippen molar-refractivity contribution in [3.63, 3.8) is 0 Å². The maximum Gasteiger partial charge on any atom is 0.514 e. The van der Waals surface area contributed by atoms with E-state index in [4.69, 9.17) is 9.47 Å². The highest BCUT2D eigenvalue weighted by Crippen LogP contribution is 2.61. The Hall–Kier alpha value is -1.88. The summed E-state index contributed by atoms with van der Waals surface area (Å²) >= 11 is 0. The second kappa shape index (κ2) is 9.05. The van der Waals surface area contributed by atoms with Crippen LogP contribution in [0.25, 0.3) is 0 Å². The number of fused-ring (bicyclic) bond motifs is 5. The number of hydrogen-bond acceptors (Lipinski definition) is 5. The van der Waals surface area contributed by atoms with Gasteiger partial charge in [-0.1, -0.05) is 32.8 Å². The minimum Gasteiger partial charge on any atom is -0.429 e. The van der Waals surface area contributed by atoms with E-state index in [-0.39, 0.29) is 11.5 Å². The zero-order valence-electron chi connectivity index (χ0n) is 20.5. The summed E-state index contributed by atoms with van der Waals surface area (Å²) in [6, 6.07) is 6.21. The fourth-order valence-electron chi connectivity index (χ4n) is 7.60. The lowest BCUT2D eigenvalue weighted by molar-refractivity contribution is -0.130. The number of carbonyl (C=O) groups excluding carboxylic acids is 2. The third-order valence-corrected chi connectivity index (χ3v) is 9.32. The standard InChI is InChI=1S/C28H39NO4/c1-4-5-6-18-15-19-16-20(32-27(31)33-21-12-14-29(3)17-21)7-8-22(19)23-11-13-28(2)24(26(18)23)9-10-25(28)30/h7-8,16,18,21,23-24,26H,4-6,9-15,17H2,1-3H3/t18-,21?,23-,24+,26?,28+/m1/s1. The van der Waals surface area contributed by atoms with Crippen molar-refractivity contribution in [2.45, 2.75) is 83.7 Å². The lowest BCUT2D eigenvalue weighted by Gasteiger charge is -2.51. The number of likely N-dealkylation sites (N-methyl/N-ethyl adjacent to an activating group) is 1. The molecule has 0 bridgehead atoms. The lowest BCUT2D eigenvalue weighted by atomic mass is 9.52. The number of unbranched alkanes of at least 4 members (excludes halogenated alkanes) is 1. The molecule has 4 aliphatic rings. The first-order chi connectivity index (χ1) is 15.9. The number of rotatable bonds is 5. The van der Waals surface area contributed by atoms with Gasteiger partial charge in [-0.3, -0.25) is 4.79 Å². The first kappa shape index (κ1) is 22.9. The molecule has 5 nitrogen and oxygen atoms in total. The number of ketones is 1. The highest BCUT2D eigenvalue weighted by molar-refractivity contribution is 5.87. The van der Waals surface area contributed by atoms with E-state index in [1.165, 1.54) is 30.4 Å². The highest BCUT2D eigenvalue weighted by atomic mass is 16.7. The van der Waals surface area contributed by atoms with E-state index in [1.807, 2.05) is 13.1 Å². The molecule has 0 N–H and O–H groups in total. The Morgan fingerprint density at radius 2 is 2.09 bits per heavy atom. The molecule has 1 aliphatic heterocycles. The number of benzene rings is 1. The molecular weight excluding hydrogens is 414 g/mol. The molecule has 3 fully saturated rings. The summed E-state index contributed by atoms with van der Waals surface area (Å²) in [6.45, 7) is 6.23. The van der Waals surface area contributed by atoms with Crippen molar-refractivity contribution in [3.05, 3.63) is 29.3 Å². The molecule has 1 aromatic carbocycles. The molecular formula is C28H39NO4. The maximum absolute atomic E-state index is 12.8. The van der Waals surface area contributed by atoms with Crippen LogP contribution in [0.3, 0.4) is 0 Å². The summed E-state index contributed by atoms with van der Waals surface area (Å²) in [6.07, 6.45) is 8.81. The van der Waals surface area contributed by atoms with Gasteiger partial charge in [-0.25, -0.2) is 4.79 Å². The molecule has 180 valence electrons. The summed E-state index contributed by atoms with van der Waals surface area (Å²) in [4.78, 5) is 27.3. The molecule has 3 aliphatic carbocycles. The fourth-order valence-corrected chi connectivity index (χ4v) is 7.60. The first-order valence-corrected chi connectivity index (χ1v) is 13.1. The zero-order valence-corrected chi connectivity index (χ0v) is 20.5. The maximum atomic E-state index is 12.8. The van der Waals surface area contributed by atoms with E-state index in [0.29, 0.717) is 35.2 Å².